The van der Waals surface area contributed by atoms with Gasteiger partial charge in [0, 0.05) is 16.2 Å². The number of furan rings is 1. The van der Waals surface area contributed by atoms with E-state index in [1.165, 1.54) is 27.9 Å². The molecule has 0 amide bonds. The smallest absolute Gasteiger partial charge is 0.149 e. The van der Waals surface area contributed by atoms with Crippen LogP contribution in [0.3, 0.4) is 0 Å². The third-order valence-electron chi connectivity index (χ3n) is 9.69. The lowest BCUT2D eigenvalue weighted by Crippen LogP contribution is -2.09. The van der Waals surface area contributed by atoms with Crippen LogP contribution in [0.4, 0.5) is 0 Å². The van der Waals surface area contributed by atoms with Crippen LogP contribution in [0.25, 0.3) is 83.0 Å². The van der Waals surface area contributed by atoms with Crippen LogP contribution in [-0.4, -0.2) is 14.5 Å². The molecule has 3 aromatic heterocycles. The molecule has 0 unspecified atom stereocenters. The van der Waals surface area contributed by atoms with Crippen molar-refractivity contribution >= 4 is 54.8 Å². The predicted molar refractivity (Wildman–Crippen MR) is 200 cm³/mol. The average molecular weight is 622 g/mol. The summed E-state index contributed by atoms with van der Waals surface area (Å²) in [6, 6.07) is 45.1. The molecule has 6 aromatic carbocycles. The zero-order valence-electron chi connectivity index (χ0n) is 27.5. The quantitative estimate of drug-likeness (QED) is 0.180. The predicted octanol–water partition coefficient (Wildman–Crippen LogP) is 12.2. The molecule has 0 aliphatic heterocycles. The second kappa shape index (κ2) is 10.9. The number of imidazole rings is 1. The van der Waals surface area contributed by atoms with Crippen molar-refractivity contribution in [3.05, 3.63) is 139 Å². The Bertz CT molecular complexity index is 2650. The number of para-hydroxylation sites is 4. The number of aromatic nitrogens is 3. The van der Waals surface area contributed by atoms with Gasteiger partial charge >= 0.3 is 0 Å². The standard InChI is InChI=1S/C44H35N3O/c1-26(2)34-24-31(28-13-6-5-7-14-28)25-35(27(3)4)42(34)47-38-20-11-10-19-37(38)46-44(47)33-17-12-16-32-40-39(48-43(32)33)22-21-30-23-29-15-8-9-18-36(29)45-41(30)40/h5-27H,1-4H3. The number of fused-ring (bicyclic) bond motifs is 7. The molecule has 0 aliphatic rings. The fourth-order valence-corrected chi connectivity index (χ4v) is 7.35. The summed E-state index contributed by atoms with van der Waals surface area (Å²) < 4.78 is 9.17. The van der Waals surface area contributed by atoms with E-state index in [4.69, 9.17) is 14.4 Å². The number of hydrogen-bond acceptors (Lipinski definition) is 3. The van der Waals surface area contributed by atoms with Gasteiger partial charge < -0.3 is 4.42 Å². The zero-order chi connectivity index (χ0) is 32.5. The molecule has 48 heavy (non-hydrogen) atoms. The lowest BCUT2D eigenvalue weighted by molar-refractivity contribution is 0.669. The van der Waals surface area contributed by atoms with Gasteiger partial charge in [0.2, 0.25) is 0 Å². The van der Waals surface area contributed by atoms with E-state index >= 15 is 0 Å². The van der Waals surface area contributed by atoms with Crippen molar-refractivity contribution in [1.82, 2.24) is 14.5 Å². The van der Waals surface area contributed by atoms with Crippen LogP contribution in [0.2, 0.25) is 0 Å². The molecule has 0 saturated carbocycles. The molecule has 0 bridgehead atoms. The van der Waals surface area contributed by atoms with Crippen molar-refractivity contribution in [2.24, 2.45) is 0 Å². The minimum Gasteiger partial charge on any atom is -0.455 e. The second-order valence-corrected chi connectivity index (χ2v) is 13.4. The van der Waals surface area contributed by atoms with Crippen LogP contribution >= 0.6 is 0 Å². The van der Waals surface area contributed by atoms with E-state index in [-0.39, 0.29) is 11.8 Å². The summed E-state index contributed by atoms with van der Waals surface area (Å²) >= 11 is 0. The Kier molecular flexibility index (Phi) is 6.48. The molecular weight excluding hydrogens is 587 g/mol. The first-order valence-electron chi connectivity index (χ1n) is 16.8. The maximum Gasteiger partial charge on any atom is 0.149 e. The van der Waals surface area contributed by atoms with Crippen molar-refractivity contribution in [3.63, 3.8) is 0 Å². The topological polar surface area (TPSA) is 43.9 Å². The molecule has 9 aromatic rings. The van der Waals surface area contributed by atoms with Gasteiger partial charge in [0.15, 0.2) is 0 Å². The highest BCUT2D eigenvalue weighted by atomic mass is 16.3. The fraction of sp³-hybridized carbons (Fsp3) is 0.136. The summed E-state index contributed by atoms with van der Waals surface area (Å²) in [5, 5.41) is 4.31. The summed E-state index contributed by atoms with van der Waals surface area (Å²) in [7, 11) is 0. The molecule has 232 valence electrons. The summed E-state index contributed by atoms with van der Waals surface area (Å²) in [6.07, 6.45) is 0. The van der Waals surface area contributed by atoms with E-state index < -0.39 is 0 Å². The van der Waals surface area contributed by atoms with Crippen LogP contribution in [0.15, 0.2) is 132 Å². The number of nitrogens with zero attached hydrogens (tertiary/aromatic N) is 3. The lowest BCUT2D eigenvalue weighted by atomic mass is 9.88. The van der Waals surface area contributed by atoms with Gasteiger partial charge in [-0.05, 0) is 88.7 Å². The number of hydrogen-bond donors (Lipinski definition) is 0. The highest BCUT2D eigenvalue weighted by molar-refractivity contribution is 6.20. The number of benzene rings is 6. The minimum atomic E-state index is 0.282. The van der Waals surface area contributed by atoms with E-state index in [1.54, 1.807) is 0 Å². The average Bonchev–Trinajstić information content (AvgIpc) is 3.69. The van der Waals surface area contributed by atoms with Crippen molar-refractivity contribution < 1.29 is 4.42 Å². The van der Waals surface area contributed by atoms with Gasteiger partial charge in [-0.2, -0.15) is 0 Å². The second-order valence-electron chi connectivity index (χ2n) is 13.4. The molecule has 0 radical (unpaired) electrons. The molecule has 4 nitrogen and oxygen atoms in total. The third kappa shape index (κ3) is 4.36. The molecule has 0 spiro atoms. The van der Waals surface area contributed by atoms with Gasteiger partial charge in [0.1, 0.15) is 17.0 Å². The molecular formula is C44H35N3O. The highest BCUT2D eigenvalue weighted by Gasteiger charge is 2.25. The SMILES string of the molecule is CC(C)c1cc(-c2ccccc2)cc(C(C)C)c1-n1c(-c2cccc3c2oc2ccc4cc5ccccc5nc4c23)nc2ccccc21. The first-order valence-corrected chi connectivity index (χ1v) is 16.8. The fourth-order valence-electron chi connectivity index (χ4n) is 7.35. The monoisotopic (exact) mass is 621 g/mol. The van der Waals surface area contributed by atoms with Gasteiger partial charge in [0.05, 0.1) is 38.7 Å². The Balaban J connectivity index is 1.36. The normalized spacial score (nSPS) is 12.1. The first kappa shape index (κ1) is 28.5. The first-order chi connectivity index (χ1) is 23.5. The highest BCUT2D eigenvalue weighted by Crippen LogP contribution is 2.43. The van der Waals surface area contributed by atoms with Crippen molar-refractivity contribution in [2.45, 2.75) is 39.5 Å². The summed E-state index contributed by atoms with van der Waals surface area (Å²) in [6.45, 7) is 9.16. The summed E-state index contributed by atoms with van der Waals surface area (Å²) in [4.78, 5) is 10.5. The van der Waals surface area contributed by atoms with Crippen LogP contribution in [0.1, 0.15) is 50.7 Å². The third-order valence-corrected chi connectivity index (χ3v) is 9.69. The maximum absolute atomic E-state index is 6.78. The Morgan fingerprint density at radius 2 is 1.29 bits per heavy atom. The Labute approximate surface area is 279 Å². The van der Waals surface area contributed by atoms with Crippen LogP contribution in [-0.2, 0) is 0 Å². The Morgan fingerprint density at radius 3 is 2.06 bits per heavy atom. The Morgan fingerprint density at radius 1 is 0.583 bits per heavy atom. The van der Waals surface area contributed by atoms with E-state index in [0.29, 0.717) is 0 Å². The van der Waals surface area contributed by atoms with Crippen LogP contribution < -0.4 is 0 Å². The summed E-state index contributed by atoms with van der Waals surface area (Å²) in [5.41, 5.74) is 12.8. The van der Waals surface area contributed by atoms with Crippen molar-refractivity contribution in [2.75, 3.05) is 0 Å². The van der Waals surface area contributed by atoms with E-state index in [1.807, 2.05) is 6.07 Å². The molecule has 4 heteroatoms. The zero-order valence-corrected chi connectivity index (χ0v) is 27.5. The van der Waals surface area contributed by atoms with Crippen LogP contribution in [0.5, 0.6) is 0 Å². The van der Waals surface area contributed by atoms with Gasteiger partial charge in [-0.3, -0.25) is 4.57 Å². The molecule has 0 fully saturated rings. The van der Waals surface area contributed by atoms with Crippen LogP contribution in [0, 0.1) is 0 Å². The van der Waals surface area contributed by atoms with Gasteiger partial charge in [-0.1, -0.05) is 100 Å². The van der Waals surface area contributed by atoms with Gasteiger partial charge in [0.25, 0.3) is 0 Å². The summed E-state index contributed by atoms with van der Waals surface area (Å²) in [5.74, 6) is 1.44. The van der Waals surface area contributed by atoms with Crippen molar-refractivity contribution in [1.29, 1.82) is 0 Å². The molecule has 0 aliphatic carbocycles. The number of rotatable bonds is 5. The van der Waals surface area contributed by atoms with E-state index in [0.717, 1.165) is 66.2 Å². The molecule has 0 N–H and O–H groups in total. The minimum absolute atomic E-state index is 0.282. The van der Waals surface area contributed by atoms with E-state index in [2.05, 4.69) is 154 Å². The van der Waals surface area contributed by atoms with Gasteiger partial charge in [-0.25, -0.2) is 9.97 Å². The molecule has 0 saturated heterocycles. The number of pyridine rings is 1. The molecule has 0 atom stereocenters. The molecule has 9 rings (SSSR count). The van der Waals surface area contributed by atoms with E-state index in [9.17, 15) is 0 Å². The van der Waals surface area contributed by atoms with Crippen molar-refractivity contribution in [3.8, 4) is 28.2 Å². The maximum atomic E-state index is 6.78. The molecule has 3 heterocycles. The lowest BCUT2D eigenvalue weighted by Gasteiger charge is -2.24. The largest absolute Gasteiger partial charge is 0.455 e. The van der Waals surface area contributed by atoms with Gasteiger partial charge in [-0.15, -0.1) is 0 Å². The Hall–Kier alpha value is -5.74.